The molecule has 0 bridgehead atoms. The summed E-state index contributed by atoms with van der Waals surface area (Å²) in [5.74, 6) is 1.29. The molecular formula is C21H17N3O3S. The molecule has 0 saturated heterocycles. The van der Waals surface area contributed by atoms with Gasteiger partial charge in [0.25, 0.3) is 5.91 Å². The van der Waals surface area contributed by atoms with Crippen LogP contribution in [0.2, 0.25) is 0 Å². The third-order valence-corrected chi connectivity index (χ3v) is 5.44. The van der Waals surface area contributed by atoms with E-state index < -0.39 is 0 Å². The lowest BCUT2D eigenvalue weighted by Gasteiger charge is -2.18. The minimum Gasteiger partial charge on any atom is -0.486 e. The molecule has 4 aromatic rings. The zero-order valence-electron chi connectivity index (χ0n) is 15.1. The summed E-state index contributed by atoms with van der Waals surface area (Å²) in [5, 5.41) is 6.30. The molecule has 0 aliphatic carbocycles. The Labute approximate surface area is 165 Å². The van der Waals surface area contributed by atoms with Crippen LogP contribution in [0.5, 0.6) is 11.5 Å². The second-order valence-corrected chi connectivity index (χ2v) is 7.38. The molecule has 0 saturated carbocycles. The number of aromatic amines is 1. The molecule has 2 aromatic carbocycles. The summed E-state index contributed by atoms with van der Waals surface area (Å²) >= 11 is 1.39. The average molecular weight is 391 g/mol. The SMILES string of the molecule is Cc1[nH]c2ccccc2c1C(=O)Nc1nc(-c2ccc3c(c2)OCCO3)cs1. The first kappa shape index (κ1) is 16.8. The topological polar surface area (TPSA) is 76.2 Å². The van der Waals surface area contributed by atoms with Gasteiger partial charge in [0.15, 0.2) is 16.6 Å². The van der Waals surface area contributed by atoms with E-state index >= 15 is 0 Å². The largest absolute Gasteiger partial charge is 0.486 e. The van der Waals surface area contributed by atoms with Crippen LogP contribution < -0.4 is 14.8 Å². The molecule has 2 aromatic heterocycles. The predicted octanol–water partition coefficient (Wildman–Crippen LogP) is 4.62. The lowest BCUT2D eigenvalue weighted by atomic mass is 10.1. The molecule has 0 unspecified atom stereocenters. The molecular weight excluding hydrogens is 374 g/mol. The number of carbonyl (C=O) groups excluding carboxylic acids is 1. The molecule has 1 aliphatic heterocycles. The van der Waals surface area contributed by atoms with Crippen molar-refractivity contribution in [2.45, 2.75) is 6.92 Å². The van der Waals surface area contributed by atoms with Crippen LogP contribution in [0.15, 0.2) is 47.8 Å². The van der Waals surface area contributed by atoms with Crippen molar-refractivity contribution in [1.29, 1.82) is 0 Å². The number of H-pyrrole nitrogens is 1. The Morgan fingerprint density at radius 1 is 1.14 bits per heavy atom. The summed E-state index contributed by atoms with van der Waals surface area (Å²) < 4.78 is 11.2. The second kappa shape index (κ2) is 6.69. The molecule has 2 N–H and O–H groups in total. The molecule has 6 nitrogen and oxygen atoms in total. The number of aryl methyl sites for hydroxylation is 1. The standard InChI is InChI=1S/C21H17N3O3S/c1-12-19(14-4-2-3-5-15(14)22-12)20(25)24-21-23-16(11-28-21)13-6-7-17-18(10-13)27-9-8-26-17/h2-7,10-11,22H,8-9H2,1H3,(H,23,24,25). The van der Waals surface area contributed by atoms with Crippen LogP contribution in [0.1, 0.15) is 16.1 Å². The fourth-order valence-corrected chi connectivity index (χ4v) is 4.11. The maximum absolute atomic E-state index is 12.8. The lowest BCUT2D eigenvalue weighted by Crippen LogP contribution is -2.15. The number of anilines is 1. The van der Waals surface area contributed by atoms with Crippen molar-refractivity contribution in [2.24, 2.45) is 0 Å². The Kier molecular flexibility index (Phi) is 4.02. The van der Waals surface area contributed by atoms with E-state index in [2.05, 4.69) is 15.3 Å². The highest BCUT2D eigenvalue weighted by Gasteiger charge is 2.18. The van der Waals surface area contributed by atoms with Crippen LogP contribution in [-0.2, 0) is 0 Å². The number of amides is 1. The molecule has 0 spiro atoms. The highest BCUT2D eigenvalue weighted by molar-refractivity contribution is 7.14. The second-order valence-electron chi connectivity index (χ2n) is 6.52. The maximum atomic E-state index is 12.8. The third-order valence-electron chi connectivity index (χ3n) is 4.68. The van der Waals surface area contributed by atoms with E-state index in [1.165, 1.54) is 11.3 Å². The van der Waals surface area contributed by atoms with Crippen LogP contribution >= 0.6 is 11.3 Å². The zero-order chi connectivity index (χ0) is 19.1. The zero-order valence-corrected chi connectivity index (χ0v) is 15.9. The van der Waals surface area contributed by atoms with Crippen molar-refractivity contribution in [3.8, 4) is 22.8 Å². The van der Waals surface area contributed by atoms with Gasteiger partial charge in [0.05, 0.1) is 11.3 Å². The van der Waals surface area contributed by atoms with Crippen molar-refractivity contribution >= 4 is 33.3 Å². The molecule has 1 aliphatic rings. The molecule has 0 radical (unpaired) electrons. The van der Waals surface area contributed by atoms with Crippen molar-refractivity contribution in [2.75, 3.05) is 18.5 Å². The first-order valence-electron chi connectivity index (χ1n) is 8.93. The van der Waals surface area contributed by atoms with Gasteiger partial charge in [-0.15, -0.1) is 11.3 Å². The van der Waals surface area contributed by atoms with Crippen molar-refractivity contribution in [3.63, 3.8) is 0 Å². The van der Waals surface area contributed by atoms with E-state index in [0.717, 1.165) is 39.4 Å². The first-order chi connectivity index (χ1) is 13.7. The number of nitrogens with one attached hydrogen (secondary N) is 2. The summed E-state index contributed by atoms with van der Waals surface area (Å²) in [6, 6.07) is 13.5. The third kappa shape index (κ3) is 2.90. The van der Waals surface area contributed by atoms with E-state index in [0.29, 0.717) is 23.9 Å². The van der Waals surface area contributed by atoms with Gasteiger partial charge in [0.2, 0.25) is 0 Å². The lowest BCUT2D eigenvalue weighted by molar-refractivity contribution is 0.102. The van der Waals surface area contributed by atoms with E-state index in [1.807, 2.05) is 54.8 Å². The maximum Gasteiger partial charge on any atom is 0.259 e. The number of benzene rings is 2. The van der Waals surface area contributed by atoms with E-state index in [4.69, 9.17) is 9.47 Å². The van der Waals surface area contributed by atoms with Crippen molar-refractivity contribution < 1.29 is 14.3 Å². The molecule has 0 atom stereocenters. The number of para-hydroxylation sites is 1. The van der Waals surface area contributed by atoms with Crippen LogP contribution in [0, 0.1) is 6.92 Å². The van der Waals surface area contributed by atoms with Crippen molar-refractivity contribution in [1.82, 2.24) is 9.97 Å². The normalized spacial score (nSPS) is 12.9. The summed E-state index contributed by atoms with van der Waals surface area (Å²) in [5.41, 5.74) is 4.13. The quantitative estimate of drug-likeness (QED) is 0.534. The highest BCUT2D eigenvalue weighted by atomic mass is 32.1. The summed E-state index contributed by atoms with van der Waals surface area (Å²) in [6.45, 7) is 3.00. The van der Waals surface area contributed by atoms with E-state index in [-0.39, 0.29) is 5.91 Å². The Balaban J connectivity index is 1.41. The molecule has 7 heteroatoms. The molecule has 3 heterocycles. The minimum absolute atomic E-state index is 0.168. The number of nitrogens with zero attached hydrogens (tertiary/aromatic N) is 1. The van der Waals surface area contributed by atoms with Gasteiger partial charge in [-0.1, -0.05) is 18.2 Å². The van der Waals surface area contributed by atoms with Gasteiger partial charge in [0.1, 0.15) is 13.2 Å². The summed E-state index contributed by atoms with van der Waals surface area (Å²) in [4.78, 5) is 20.7. The molecule has 0 fully saturated rings. The molecule has 28 heavy (non-hydrogen) atoms. The van der Waals surface area contributed by atoms with Crippen LogP contribution in [0.4, 0.5) is 5.13 Å². The Morgan fingerprint density at radius 3 is 2.86 bits per heavy atom. The van der Waals surface area contributed by atoms with Gasteiger partial charge in [-0.2, -0.15) is 0 Å². The smallest absolute Gasteiger partial charge is 0.259 e. The van der Waals surface area contributed by atoms with Gasteiger partial charge in [-0.3, -0.25) is 10.1 Å². The number of fused-ring (bicyclic) bond motifs is 2. The van der Waals surface area contributed by atoms with Crippen LogP contribution in [0.3, 0.4) is 0 Å². The van der Waals surface area contributed by atoms with E-state index in [9.17, 15) is 4.79 Å². The van der Waals surface area contributed by atoms with Crippen LogP contribution in [0.25, 0.3) is 22.2 Å². The number of rotatable bonds is 3. The Bertz CT molecular complexity index is 1190. The Hall–Kier alpha value is -3.32. The number of aromatic nitrogens is 2. The van der Waals surface area contributed by atoms with E-state index in [1.54, 1.807) is 0 Å². The van der Waals surface area contributed by atoms with Gasteiger partial charge >= 0.3 is 0 Å². The highest BCUT2D eigenvalue weighted by Crippen LogP contribution is 2.35. The average Bonchev–Trinajstić information content (AvgIpc) is 3.31. The minimum atomic E-state index is -0.168. The number of thiazole rings is 1. The monoisotopic (exact) mass is 391 g/mol. The first-order valence-corrected chi connectivity index (χ1v) is 9.81. The van der Waals surface area contributed by atoms with Crippen LogP contribution in [-0.4, -0.2) is 29.1 Å². The van der Waals surface area contributed by atoms with Gasteiger partial charge in [0, 0.05) is 27.5 Å². The number of carbonyl (C=O) groups is 1. The van der Waals surface area contributed by atoms with Crippen molar-refractivity contribution in [3.05, 3.63) is 59.1 Å². The van der Waals surface area contributed by atoms with Gasteiger partial charge in [-0.25, -0.2) is 4.98 Å². The van der Waals surface area contributed by atoms with Gasteiger partial charge < -0.3 is 14.5 Å². The summed E-state index contributed by atoms with van der Waals surface area (Å²) in [6.07, 6.45) is 0. The molecule has 140 valence electrons. The fraction of sp³-hybridized carbons (Fsp3) is 0.143. The number of hydrogen-bond donors (Lipinski definition) is 2. The summed E-state index contributed by atoms with van der Waals surface area (Å²) in [7, 11) is 0. The Morgan fingerprint density at radius 2 is 1.96 bits per heavy atom. The molecule has 1 amide bonds. The number of ether oxygens (including phenoxy) is 2. The molecule has 5 rings (SSSR count). The van der Waals surface area contributed by atoms with Gasteiger partial charge in [-0.05, 0) is 31.2 Å². The number of hydrogen-bond acceptors (Lipinski definition) is 5. The fourth-order valence-electron chi connectivity index (χ4n) is 3.40. The predicted molar refractivity (Wildman–Crippen MR) is 110 cm³/mol.